The van der Waals surface area contributed by atoms with Crippen LogP contribution in [0.5, 0.6) is 5.88 Å². The molecule has 8 heteroatoms. The Bertz CT molecular complexity index is 749. The van der Waals surface area contributed by atoms with Crippen LogP contribution in [0.1, 0.15) is 11.3 Å². The SMILES string of the molecule is COc1ccc(CNS(=O)(=O)c2ccc(C#N)nc2)cn1. The monoisotopic (exact) mass is 304 g/mol. The summed E-state index contributed by atoms with van der Waals surface area (Å²) >= 11 is 0. The standard InChI is InChI=1S/C13H12N4O3S/c1-20-13-5-2-10(7-16-13)8-17-21(18,19)12-4-3-11(6-14)15-9-12/h2-5,7,9,17H,8H2,1H3. The van der Waals surface area contributed by atoms with E-state index in [0.717, 1.165) is 6.20 Å². The van der Waals surface area contributed by atoms with E-state index < -0.39 is 10.0 Å². The third-order valence-corrected chi connectivity index (χ3v) is 4.02. The minimum absolute atomic E-state index is 0.00275. The number of nitriles is 1. The summed E-state index contributed by atoms with van der Waals surface area (Å²) in [5.41, 5.74) is 0.856. The lowest BCUT2D eigenvalue weighted by Crippen LogP contribution is -2.23. The van der Waals surface area contributed by atoms with Gasteiger partial charge in [0.25, 0.3) is 0 Å². The smallest absolute Gasteiger partial charge is 0.242 e. The summed E-state index contributed by atoms with van der Waals surface area (Å²) in [7, 11) is -2.18. The topological polar surface area (TPSA) is 105 Å². The van der Waals surface area contributed by atoms with Gasteiger partial charge in [-0.2, -0.15) is 5.26 Å². The Hall–Kier alpha value is -2.50. The normalized spacial score (nSPS) is 10.9. The molecule has 2 aromatic heterocycles. The van der Waals surface area contributed by atoms with E-state index in [1.807, 2.05) is 6.07 Å². The van der Waals surface area contributed by atoms with Crippen LogP contribution < -0.4 is 9.46 Å². The summed E-state index contributed by atoms with van der Waals surface area (Å²) in [5.74, 6) is 0.456. The van der Waals surface area contributed by atoms with Gasteiger partial charge in [0.2, 0.25) is 15.9 Å². The molecule has 0 bridgehead atoms. The van der Waals surface area contributed by atoms with Crippen molar-refractivity contribution in [3.8, 4) is 11.9 Å². The first-order valence-corrected chi connectivity index (χ1v) is 7.38. The number of ether oxygens (including phenoxy) is 1. The number of sulfonamides is 1. The summed E-state index contributed by atoms with van der Waals surface area (Å²) in [5, 5.41) is 8.63. The number of aromatic nitrogens is 2. The van der Waals surface area contributed by atoms with Crippen LogP contribution in [-0.4, -0.2) is 25.5 Å². The predicted molar refractivity (Wildman–Crippen MR) is 73.8 cm³/mol. The molecule has 0 aliphatic rings. The van der Waals surface area contributed by atoms with Crippen molar-refractivity contribution in [1.82, 2.24) is 14.7 Å². The van der Waals surface area contributed by atoms with Gasteiger partial charge < -0.3 is 4.74 Å². The van der Waals surface area contributed by atoms with Crippen LogP contribution in [0.4, 0.5) is 0 Å². The summed E-state index contributed by atoms with van der Waals surface area (Å²) in [6, 6.07) is 7.87. The number of nitrogens with one attached hydrogen (secondary N) is 1. The van der Waals surface area contributed by atoms with Crippen molar-refractivity contribution in [3.63, 3.8) is 0 Å². The second-order valence-electron chi connectivity index (χ2n) is 4.02. The molecule has 0 fully saturated rings. The van der Waals surface area contributed by atoms with Crippen LogP contribution in [0.15, 0.2) is 41.6 Å². The molecule has 0 aliphatic carbocycles. The molecule has 0 aliphatic heterocycles. The molecule has 0 aromatic carbocycles. The zero-order valence-corrected chi connectivity index (χ0v) is 12.0. The summed E-state index contributed by atoms with van der Waals surface area (Å²) in [4.78, 5) is 7.72. The molecule has 0 radical (unpaired) electrons. The van der Waals surface area contributed by atoms with Crippen molar-refractivity contribution in [2.75, 3.05) is 7.11 Å². The van der Waals surface area contributed by atoms with Crippen molar-refractivity contribution in [2.45, 2.75) is 11.4 Å². The Kier molecular flexibility index (Phi) is 4.47. The van der Waals surface area contributed by atoms with E-state index in [9.17, 15) is 8.42 Å². The van der Waals surface area contributed by atoms with Crippen molar-refractivity contribution >= 4 is 10.0 Å². The van der Waals surface area contributed by atoms with Crippen LogP contribution in [0.3, 0.4) is 0 Å². The molecule has 0 amide bonds. The van der Waals surface area contributed by atoms with Crippen LogP contribution in [0.25, 0.3) is 0 Å². The molecule has 0 unspecified atom stereocenters. The first-order valence-electron chi connectivity index (χ1n) is 5.90. The maximum Gasteiger partial charge on any atom is 0.242 e. The third-order valence-electron chi connectivity index (χ3n) is 2.63. The Morgan fingerprint density at radius 3 is 2.57 bits per heavy atom. The summed E-state index contributed by atoms with van der Waals surface area (Å²) in [6.07, 6.45) is 2.67. The Balaban J connectivity index is 2.08. The highest BCUT2D eigenvalue weighted by atomic mass is 32.2. The van der Waals surface area contributed by atoms with E-state index in [0.29, 0.717) is 11.4 Å². The summed E-state index contributed by atoms with van der Waals surface area (Å²) in [6.45, 7) is 0.0966. The van der Waals surface area contributed by atoms with Gasteiger partial charge in [-0.3, -0.25) is 0 Å². The zero-order chi connectivity index (χ0) is 15.3. The predicted octanol–water partition coefficient (Wildman–Crippen LogP) is 0.835. The van der Waals surface area contributed by atoms with Gasteiger partial charge in [0, 0.05) is 25.0 Å². The van der Waals surface area contributed by atoms with Crippen molar-refractivity contribution < 1.29 is 13.2 Å². The average molecular weight is 304 g/mol. The van der Waals surface area contributed by atoms with Gasteiger partial charge in [-0.1, -0.05) is 6.07 Å². The fourth-order valence-electron chi connectivity index (χ4n) is 1.50. The minimum Gasteiger partial charge on any atom is -0.481 e. The van der Waals surface area contributed by atoms with E-state index in [1.165, 1.54) is 25.4 Å². The lowest BCUT2D eigenvalue weighted by molar-refractivity contribution is 0.397. The second kappa shape index (κ2) is 6.30. The fourth-order valence-corrected chi connectivity index (χ4v) is 2.47. The van der Waals surface area contributed by atoms with Crippen LogP contribution in [0.2, 0.25) is 0 Å². The molecule has 2 heterocycles. The van der Waals surface area contributed by atoms with E-state index in [1.54, 1.807) is 12.1 Å². The van der Waals surface area contributed by atoms with Gasteiger partial charge in [-0.25, -0.2) is 23.1 Å². The number of hydrogen-bond donors (Lipinski definition) is 1. The average Bonchev–Trinajstić information content (AvgIpc) is 2.53. The number of methoxy groups -OCH3 is 1. The molecular weight excluding hydrogens is 292 g/mol. The highest BCUT2D eigenvalue weighted by Gasteiger charge is 2.14. The molecule has 2 aromatic rings. The molecule has 21 heavy (non-hydrogen) atoms. The van der Waals surface area contributed by atoms with Crippen molar-refractivity contribution in [2.24, 2.45) is 0 Å². The first kappa shape index (κ1) is 14.9. The van der Waals surface area contributed by atoms with E-state index in [2.05, 4.69) is 14.7 Å². The second-order valence-corrected chi connectivity index (χ2v) is 5.79. The fraction of sp³-hybridized carbons (Fsp3) is 0.154. The molecule has 0 saturated heterocycles. The van der Waals surface area contributed by atoms with E-state index in [-0.39, 0.29) is 17.1 Å². The number of hydrogen-bond acceptors (Lipinski definition) is 6. The molecule has 0 saturated carbocycles. The maximum atomic E-state index is 12.0. The molecular formula is C13H12N4O3S. The van der Waals surface area contributed by atoms with E-state index in [4.69, 9.17) is 10.00 Å². The zero-order valence-electron chi connectivity index (χ0n) is 11.1. The molecule has 2 rings (SSSR count). The quantitative estimate of drug-likeness (QED) is 0.877. The molecule has 7 nitrogen and oxygen atoms in total. The third kappa shape index (κ3) is 3.75. The van der Waals surface area contributed by atoms with Crippen molar-refractivity contribution in [1.29, 1.82) is 5.26 Å². The first-order chi connectivity index (χ1) is 10.0. The largest absolute Gasteiger partial charge is 0.481 e. The van der Waals surface area contributed by atoms with Gasteiger partial charge in [-0.15, -0.1) is 0 Å². The Labute approximate surface area is 122 Å². The van der Waals surface area contributed by atoms with Crippen LogP contribution in [0, 0.1) is 11.3 Å². The van der Waals surface area contributed by atoms with Gasteiger partial charge in [0.1, 0.15) is 16.7 Å². The van der Waals surface area contributed by atoms with Crippen LogP contribution in [-0.2, 0) is 16.6 Å². The molecule has 0 atom stereocenters. The Morgan fingerprint density at radius 2 is 2.05 bits per heavy atom. The number of rotatable bonds is 5. The Morgan fingerprint density at radius 1 is 1.24 bits per heavy atom. The lowest BCUT2D eigenvalue weighted by atomic mass is 10.3. The van der Waals surface area contributed by atoms with Gasteiger partial charge in [-0.05, 0) is 17.7 Å². The van der Waals surface area contributed by atoms with Gasteiger partial charge >= 0.3 is 0 Å². The number of nitrogens with zero attached hydrogens (tertiary/aromatic N) is 3. The van der Waals surface area contributed by atoms with Gasteiger partial charge in [0.15, 0.2) is 0 Å². The number of pyridine rings is 2. The van der Waals surface area contributed by atoms with Gasteiger partial charge in [0.05, 0.1) is 7.11 Å². The molecule has 1 N–H and O–H groups in total. The maximum absolute atomic E-state index is 12.0. The van der Waals surface area contributed by atoms with Crippen LogP contribution >= 0.6 is 0 Å². The highest BCUT2D eigenvalue weighted by Crippen LogP contribution is 2.10. The van der Waals surface area contributed by atoms with E-state index >= 15 is 0 Å². The lowest BCUT2D eigenvalue weighted by Gasteiger charge is -2.07. The highest BCUT2D eigenvalue weighted by molar-refractivity contribution is 7.89. The summed E-state index contributed by atoms with van der Waals surface area (Å²) < 4.78 is 31.5. The molecule has 0 spiro atoms. The van der Waals surface area contributed by atoms with Crippen molar-refractivity contribution in [3.05, 3.63) is 47.9 Å². The minimum atomic E-state index is -3.68. The molecule has 108 valence electrons.